The lowest BCUT2D eigenvalue weighted by Gasteiger charge is -2.35. The number of furan rings is 1. The van der Waals surface area contributed by atoms with E-state index in [1.54, 1.807) is 24.2 Å². The highest BCUT2D eigenvalue weighted by atomic mass is 32.2. The molecule has 8 heteroatoms. The van der Waals surface area contributed by atoms with Gasteiger partial charge in [0.05, 0.1) is 26.0 Å². The molecule has 0 radical (unpaired) electrons. The zero-order chi connectivity index (χ0) is 22.6. The van der Waals surface area contributed by atoms with Gasteiger partial charge in [-0.05, 0) is 24.3 Å². The minimum absolute atomic E-state index is 0.107. The van der Waals surface area contributed by atoms with Gasteiger partial charge < -0.3 is 19.4 Å². The van der Waals surface area contributed by atoms with Crippen molar-refractivity contribution in [3.05, 3.63) is 72.1 Å². The molecule has 0 spiro atoms. The van der Waals surface area contributed by atoms with Crippen molar-refractivity contribution in [3.63, 3.8) is 0 Å². The lowest BCUT2D eigenvalue weighted by Crippen LogP contribution is -2.47. The molecule has 32 heavy (non-hydrogen) atoms. The van der Waals surface area contributed by atoms with Gasteiger partial charge in [-0.3, -0.25) is 4.79 Å². The van der Waals surface area contributed by atoms with Crippen LogP contribution in [0.3, 0.4) is 0 Å². The van der Waals surface area contributed by atoms with Crippen molar-refractivity contribution in [1.29, 1.82) is 0 Å². The van der Waals surface area contributed by atoms with E-state index in [0.717, 1.165) is 10.7 Å². The van der Waals surface area contributed by atoms with Gasteiger partial charge in [-0.15, -0.1) is 0 Å². The molecule has 0 saturated carbocycles. The SMILES string of the molecule is CC(C)(C)c1ncc(C(=O)N2CCOCC2Sc2ccccc2)c(NCc2ccco2)n1. The molecule has 4 rings (SSSR count). The van der Waals surface area contributed by atoms with Crippen LogP contribution in [0.15, 0.2) is 64.2 Å². The summed E-state index contributed by atoms with van der Waals surface area (Å²) in [6.07, 6.45) is 3.27. The van der Waals surface area contributed by atoms with Gasteiger partial charge in [0.2, 0.25) is 0 Å². The van der Waals surface area contributed by atoms with Gasteiger partial charge in [-0.1, -0.05) is 50.7 Å². The molecule has 3 heterocycles. The molecule has 1 N–H and O–H groups in total. The van der Waals surface area contributed by atoms with Gasteiger partial charge >= 0.3 is 0 Å². The number of anilines is 1. The van der Waals surface area contributed by atoms with E-state index < -0.39 is 0 Å². The van der Waals surface area contributed by atoms with Crippen molar-refractivity contribution in [2.24, 2.45) is 0 Å². The second-order valence-corrected chi connectivity index (χ2v) is 9.85. The quantitative estimate of drug-likeness (QED) is 0.587. The van der Waals surface area contributed by atoms with Crippen molar-refractivity contribution in [1.82, 2.24) is 14.9 Å². The van der Waals surface area contributed by atoms with Crippen LogP contribution in [0.25, 0.3) is 0 Å². The first-order chi connectivity index (χ1) is 15.4. The minimum atomic E-state index is -0.243. The van der Waals surface area contributed by atoms with Crippen LogP contribution in [0.1, 0.15) is 42.7 Å². The van der Waals surface area contributed by atoms with Crippen molar-refractivity contribution >= 4 is 23.5 Å². The molecule has 1 amide bonds. The predicted octanol–water partition coefficient (Wildman–Crippen LogP) is 4.57. The topological polar surface area (TPSA) is 80.5 Å². The van der Waals surface area contributed by atoms with E-state index in [1.165, 1.54) is 0 Å². The van der Waals surface area contributed by atoms with Gasteiger partial charge in [0.1, 0.15) is 28.3 Å². The molecule has 3 aromatic rings. The van der Waals surface area contributed by atoms with Crippen molar-refractivity contribution in [3.8, 4) is 0 Å². The Morgan fingerprint density at radius 3 is 2.75 bits per heavy atom. The molecule has 7 nitrogen and oxygen atoms in total. The number of amides is 1. The van der Waals surface area contributed by atoms with Gasteiger partial charge in [0, 0.05) is 23.1 Å². The number of thioether (sulfide) groups is 1. The molecule has 1 fully saturated rings. The van der Waals surface area contributed by atoms with Crippen LogP contribution in [0.4, 0.5) is 5.82 Å². The number of rotatable bonds is 6. The fraction of sp³-hybridized carbons (Fsp3) is 0.375. The smallest absolute Gasteiger partial charge is 0.260 e. The van der Waals surface area contributed by atoms with Gasteiger partial charge in [0.25, 0.3) is 5.91 Å². The fourth-order valence-electron chi connectivity index (χ4n) is 3.34. The summed E-state index contributed by atoms with van der Waals surface area (Å²) >= 11 is 1.62. The zero-order valence-corrected chi connectivity index (χ0v) is 19.4. The summed E-state index contributed by atoms with van der Waals surface area (Å²) < 4.78 is 11.1. The Bertz CT molecular complexity index is 1040. The highest BCUT2D eigenvalue weighted by molar-refractivity contribution is 8.00. The van der Waals surface area contributed by atoms with Crippen molar-refractivity contribution in [2.75, 3.05) is 25.1 Å². The molecule has 1 unspecified atom stereocenters. The molecule has 1 aliphatic rings. The maximum absolute atomic E-state index is 13.7. The van der Waals surface area contributed by atoms with E-state index in [0.29, 0.717) is 43.5 Å². The minimum Gasteiger partial charge on any atom is -0.467 e. The van der Waals surface area contributed by atoms with E-state index in [9.17, 15) is 4.79 Å². The highest BCUT2D eigenvalue weighted by Gasteiger charge is 2.31. The second-order valence-electron chi connectivity index (χ2n) is 8.60. The third-order valence-electron chi connectivity index (χ3n) is 5.06. The Kier molecular flexibility index (Phi) is 6.81. The average Bonchev–Trinajstić information content (AvgIpc) is 3.31. The molecule has 0 aliphatic carbocycles. The number of nitrogens with one attached hydrogen (secondary N) is 1. The second kappa shape index (κ2) is 9.75. The highest BCUT2D eigenvalue weighted by Crippen LogP contribution is 2.30. The number of carbonyl (C=O) groups is 1. The molecule has 2 aromatic heterocycles. The summed E-state index contributed by atoms with van der Waals surface area (Å²) in [5.74, 6) is 1.85. The monoisotopic (exact) mass is 452 g/mol. The first-order valence-corrected chi connectivity index (χ1v) is 11.5. The number of ether oxygens (including phenoxy) is 1. The first kappa shape index (κ1) is 22.4. The van der Waals surface area contributed by atoms with Crippen molar-refractivity contribution in [2.45, 2.75) is 43.0 Å². The van der Waals surface area contributed by atoms with Crippen molar-refractivity contribution < 1.29 is 13.9 Å². The summed E-state index contributed by atoms with van der Waals surface area (Å²) in [6.45, 7) is 8.08. The summed E-state index contributed by atoms with van der Waals surface area (Å²) in [4.78, 5) is 25.8. The summed E-state index contributed by atoms with van der Waals surface area (Å²) in [5, 5.41) is 3.16. The average molecular weight is 453 g/mol. The van der Waals surface area contributed by atoms with Crippen LogP contribution < -0.4 is 5.32 Å². The maximum Gasteiger partial charge on any atom is 0.260 e. The Labute approximate surface area is 192 Å². The lowest BCUT2D eigenvalue weighted by atomic mass is 9.95. The van der Waals surface area contributed by atoms with Crippen LogP contribution in [-0.2, 0) is 16.7 Å². The molecule has 1 saturated heterocycles. The number of nitrogens with zero attached hydrogens (tertiary/aromatic N) is 3. The van der Waals surface area contributed by atoms with Gasteiger partial charge in [0.15, 0.2) is 0 Å². The largest absolute Gasteiger partial charge is 0.467 e. The van der Waals surface area contributed by atoms with Crippen LogP contribution in [-0.4, -0.2) is 45.9 Å². The lowest BCUT2D eigenvalue weighted by molar-refractivity contribution is 0.0216. The van der Waals surface area contributed by atoms with Crippen LogP contribution in [0.2, 0.25) is 0 Å². The molecule has 168 valence electrons. The first-order valence-electron chi connectivity index (χ1n) is 10.7. The summed E-state index contributed by atoms with van der Waals surface area (Å²) in [6, 6.07) is 13.8. The van der Waals surface area contributed by atoms with E-state index in [4.69, 9.17) is 14.1 Å². The number of aromatic nitrogens is 2. The van der Waals surface area contributed by atoms with Crippen LogP contribution >= 0.6 is 11.8 Å². The molecular weight excluding hydrogens is 424 g/mol. The maximum atomic E-state index is 13.7. The Morgan fingerprint density at radius 1 is 1.22 bits per heavy atom. The van der Waals surface area contributed by atoms with E-state index in [1.807, 2.05) is 47.4 Å². The van der Waals surface area contributed by atoms with E-state index >= 15 is 0 Å². The van der Waals surface area contributed by atoms with Crippen LogP contribution in [0, 0.1) is 0 Å². The Hall–Kier alpha value is -2.84. The molecular formula is C24H28N4O3S. The number of benzene rings is 1. The molecule has 1 aliphatic heterocycles. The molecule has 1 atom stereocenters. The van der Waals surface area contributed by atoms with E-state index in [-0.39, 0.29) is 16.7 Å². The Morgan fingerprint density at radius 2 is 2.03 bits per heavy atom. The molecule has 1 aromatic carbocycles. The third-order valence-corrected chi connectivity index (χ3v) is 6.27. The number of carbonyl (C=O) groups excluding carboxylic acids is 1. The van der Waals surface area contributed by atoms with Gasteiger partial charge in [-0.2, -0.15) is 0 Å². The number of hydrogen-bond acceptors (Lipinski definition) is 7. The van der Waals surface area contributed by atoms with Gasteiger partial charge in [-0.25, -0.2) is 9.97 Å². The summed E-state index contributed by atoms with van der Waals surface area (Å²) in [5.41, 5.74) is 0.206. The zero-order valence-electron chi connectivity index (χ0n) is 18.6. The fourth-order valence-corrected chi connectivity index (χ4v) is 4.46. The summed E-state index contributed by atoms with van der Waals surface area (Å²) in [7, 11) is 0. The normalized spacial score (nSPS) is 16.7. The van der Waals surface area contributed by atoms with Crippen LogP contribution in [0.5, 0.6) is 0 Å². The third kappa shape index (κ3) is 5.31. The number of hydrogen-bond donors (Lipinski definition) is 1. The Balaban J connectivity index is 1.61. The predicted molar refractivity (Wildman–Crippen MR) is 125 cm³/mol. The standard InChI is InChI=1S/C24H28N4O3S/c1-24(2,3)23-26-15-19(21(27-23)25-14-17-8-7-12-31-17)22(29)28-11-13-30-16-20(28)32-18-9-5-4-6-10-18/h4-10,12,15,20H,11,13-14,16H2,1-3H3,(H,25,26,27). The van der Waals surface area contributed by atoms with E-state index in [2.05, 4.69) is 31.1 Å². The number of morpholine rings is 1. The molecule has 0 bridgehead atoms.